The molecule has 0 heterocycles. The molecule has 0 aromatic rings. The smallest absolute Gasteiger partial charge is 0.462 e. The lowest BCUT2D eigenvalue weighted by Gasteiger charge is -2.24. The molecule has 0 aliphatic rings. The van der Waals surface area contributed by atoms with Gasteiger partial charge in [-0.25, -0.2) is 4.57 Å². The average Bonchev–Trinajstić information content (AvgIpc) is 3.25. The van der Waals surface area contributed by atoms with Crippen molar-refractivity contribution in [2.75, 3.05) is 47.5 Å². The van der Waals surface area contributed by atoms with Gasteiger partial charge in [0.05, 0.1) is 27.7 Å². The molecule has 64 heavy (non-hydrogen) atoms. The Morgan fingerprint density at radius 1 is 0.500 bits per heavy atom. The van der Waals surface area contributed by atoms with Crippen LogP contribution in [0.4, 0.5) is 0 Å². The highest BCUT2D eigenvalue weighted by molar-refractivity contribution is 7.47. The SMILES string of the molecule is CC/C=C\C/C=C\C/C=C\C/C=C\C/C=C\C/C=C\C/C=C\CCCCCCCC(=O)OC(COC(=O)CCCCCCC/C=C\C/C=C\CCC)COP(=O)(O)OCC[N+](C)(C)C. The lowest BCUT2D eigenvalue weighted by molar-refractivity contribution is -0.870. The molecule has 0 rings (SSSR count). The van der Waals surface area contributed by atoms with Crippen LogP contribution in [0.1, 0.15) is 168 Å². The van der Waals surface area contributed by atoms with E-state index in [2.05, 4.69) is 123 Å². The van der Waals surface area contributed by atoms with Gasteiger partial charge in [0.1, 0.15) is 19.8 Å². The van der Waals surface area contributed by atoms with Crippen LogP contribution in [-0.4, -0.2) is 74.9 Å². The predicted octanol–water partition coefficient (Wildman–Crippen LogP) is 14.7. The van der Waals surface area contributed by atoms with Crippen LogP contribution in [0.25, 0.3) is 0 Å². The summed E-state index contributed by atoms with van der Waals surface area (Å²) < 4.78 is 34.3. The molecule has 2 atom stereocenters. The average molecular weight is 913 g/mol. The Balaban J connectivity index is 4.33. The van der Waals surface area contributed by atoms with E-state index in [1.807, 2.05) is 21.1 Å². The Bertz CT molecular complexity index is 1450. The number of nitrogens with zero attached hydrogens (tertiary/aromatic N) is 1. The molecule has 0 aliphatic heterocycles. The van der Waals surface area contributed by atoms with Crippen molar-refractivity contribution >= 4 is 19.8 Å². The number of rotatable bonds is 43. The van der Waals surface area contributed by atoms with Crippen molar-refractivity contribution in [2.45, 2.75) is 174 Å². The molecule has 0 amide bonds. The number of carbonyl (C=O) groups is 2. The van der Waals surface area contributed by atoms with Crippen molar-refractivity contribution in [3.05, 3.63) is 109 Å². The number of unbranched alkanes of at least 4 members (excludes halogenated alkanes) is 11. The van der Waals surface area contributed by atoms with E-state index in [-0.39, 0.29) is 26.1 Å². The second-order valence-corrected chi connectivity index (χ2v) is 18.6. The van der Waals surface area contributed by atoms with E-state index in [0.29, 0.717) is 23.9 Å². The van der Waals surface area contributed by atoms with Crippen molar-refractivity contribution in [1.29, 1.82) is 0 Å². The summed E-state index contributed by atoms with van der Waals surface area (Å²) in [4.78, 5) is 35.5. The summed E-state index contributed by atoms with van der Waals surface area (Å²) in [5.41, 5.74) is 0. The molecule has 0 radical (unpaired) electrons. The summed E-state index contributed by atoms with van der Waals surface area (Å²) in [7, 11) is 1.43. The standard InChI is InChI=1S/C54H90NO8P/c1-6-8-10-12-14-16-18-20-21-22-23-24-25-26-27-28-29-30-31-32-33-35-37-39-41-43-45-47-54(57)63-52(51-62-64(58,59)61-49-48-55(3,4)5)50-60-53(56)46-44-42-40-38-36-34-19-17-15-13-11-9-7-2/h8,10-11,13-14,16-17,19-21,23-24,26-27,29-30,32-33,52H,6-7,9,12,15,18,22,25,28,31,34-51H2,1-5H3/p+1/b10-8-,13-11-,16-14-,19-17-,21-20-,24-23-,27-26-,30-29-,33-32-. The number of phosphoric acid groups is 1. The minimum atomic E-state index is -4.39. The molecule has 0 aromatic heterocycles. The Morgan fingerprint density at radius 3 is 1.33 bits per heavy atom. The first kappa shape index (κ1) is 60.7. The first-order valence-corrected chi connectivity index (χ1v) is 26.1. The maximum atomic E-state index is 12.7. The zero-order valence-corrected chi connectivity index (χ0v) is 41.9. The minimum Gasteiger partial charge on any atom is -0.462 e. The Morgan fingerprint density at radius 2 is 0.891 bits per heavy atom. The van der Waals surface area contributed by atoms with E-state index >= 15 is 0 Å². The number of allylic oxidation sites excluding steroid dienone is 18. The molecule has 0 bridgehead atoms. The van der Waals surface area contributed by atoms with Crippen LogP contribution in [0, 0.1) is 0 Å². The van der Waals surface area contributed by atoms with E-state index in [1.54, 1.807) is 0 Å². The molecule has 0 aliphatic carbocycles. The first-order valence-electron chi connectivity index (χ1n) is 24.6. The summed E-state index contributed by atoms with van der Waals surface area (Å²) in [5.74, 6) is -0.849. The van der Waals surface area contributed by atoms with Crippen LogP contribution >= 0.6 is 7.82 Å². The molecule has 0 aromatic carbocycles. The molecule has 10 heteroatoms. The lowest BCUT2D eigenvalue weighted by atomic mass is 10.1. The second-order valence-electron chi connectivity index (χ2n) is 17.1. The van der Waals surface area contributed by atoms with Crippen LogP contribution in [0.15, 0.2) is 109 Å². The number of hydrogen-bond acceptors (Lipinski definition) is 7. The largest absolute Gasteiger partial charge is 0.472 e. The van der Waals surface area contributed by atoms with Gasteiger partial charge in [0.25, 0.3) is 0 Å². The van der Waals surface area contributed by atoms with Gasteiger partial charge in [-0.1, -0.05) is 168 Å². The van der Waals surface area contributed by atoms with Gasteiger partial charge < -0.3 is 18.9 Å². The summed E-state index contributed by atoms with van der Waals surface area (Å²) in [6.45, 7) is 4.18. The monoisotopic (exact) mass is 913 g/mol. The van der Waals surface area contributed by atoms with Crippen LogP contribution in [0.5, 0.6) is 0 Å². The van der Waals surface area contributed by atoms with Crippen molar-refractivity contribution in [2.24, 2.45) is 0 Å². The van der Waals surface area contributed by atoms with Crippen LogP contribution in [-0.2, 0) is 32.7 Å². The fraction of sp³-hybridized carbons (Fsp3) is 0.630. The molecule has 0 saturated carbocycles. The van der Waals surface area contributed by atoms with E-state index in [4.69, 9.17) is 18.5 Å². The topological polar surface area (TPSA) is 108 Å². The van der Waals surface area contributed by atoms with Gasteiger partial charge in [-0.05, 0) is 96.3 Å². The number of likely N-dealkylation sites (N-methyl/N-ethyl adjacent to an activating group) is 1. The molecule has 364 valence electrons. The van der Waals surface area contributed by atoms with Crippen molar-refractivity contribution in [3.63, 3.8) is 0 Å². The zero-order valence-electron chi connectivity index (χ0n) is 41.0. The molecule has 1 N–H and O–H groups in total. The second kappa shape index (κ2) is 44.9. The van der Waals surface area contributed by atoms with Gasteiger partial charge in [-0.3, -0.25) is 18.6 Å². The van der Waals surface area contributed by atoms with E-state index in [0.717, 1.165) is 122 Å². The van der Waals surface area contributed by atoms with Crippen molar-refractivity contribution < 1.29 is 42.1 Å². The molecule has 0 saturated heterocycles. The van der Waals surface area contributed by atoms with Gasteiger partial charge in [-0.2, -0.15) is 0 Å². The molecular formula is C54H91NO8P+. The third-order valence-electron chi connectivity index (χ3n) is 9.77. The summed E-state index contributed by atoms with van der Waals surface area (Å²) in [6.07, 6.45) is 61.4. The number of carbonyl (C=O) groups excluding carboxylic acids is 2. The number of esters is 2. The fourth-order valence-electron chi connectivity index (χ4n) is 5.97. The van der Waals surface area contributed by atoms with Gasteiger partial charge in [0.2, 0.25) is 0 Å². The maximum absolute atomic E-state index is 12.7. The Hall–Kier alpha value is -3.33. The highest BCUT2D eigenvalue weighted by Crippen LogP contribution is 2.43. The van der Waals surface area contributed by atoms with Crippen molar-refractivity contribution in [1.82, 2.24) is 0 Å². The fourth-order valence-corrected chi connectivity index (χ4v) is 6.71. The number of ether oxygens (including phenoxy) is 2. The third kappa shape index (κ3) is 48.1. The third-order valence-corrected chi connectivity index (χ3v) is 10.8. The first-order chi connectivity index (χ1) is 31.0. The maximum Gasteiger partial charge on any atom is 0.472 e. The Kier molecular flexibility index (Phi) is 42.5. The quantitative estimate of drug-likeness (QED) is 0.0212. The Labute approximate surface area is 391 Å². The molecule has 9 nitrogen and oxygen atoms in total. The lowest BCUT2D eigenvalue weighted by Crippen LogP contribution is -2.37. The van der Waals surface area contributed by atoms with Gasteiger partial charge >= 0.3 is 19.8 Å². The molecule has 0 spiro atoms. The molecular weight excluding hydrogens is 822 g/mol. The van der Waals surface area contributed by atoms with Crippen molar-refractivity contribution in [3.8, 4) is 0 Å². The van der Waals surface area contributed by atoms with E-state index in [9.17, 15) is 19.0 Å². The predicted molar refractivity (Wildman–Crippen MR) is 270 cm³/mol. The normalized spacial score (nSPS) is 14.4. The van der Waals surface area contributed by atoms with Crippen LogP contribution in [0.2, 0.25) is 0 Å². The summed E-state index contributed by atoms with van der Waals surface area (Å²) >= 11 is 0. The summed E-state index contributed by atoms with van der Waals surface area (Å²) in [5, 5.41) is 0. The molecule has 2 unspecified atom stereocenters. The number of hydrogen-bond donors (Lipinski definition) is 1. The minimum absolute atomic E-state index is 0.0186. The zero-order chi connectivity index (χ0) is 47.1. The van der Waals surface area contributed by atoms with Gasteiger partial charge in [0.15, 0.2) is 6.10 Å². The highest BCUT2D eigenvalue weighted by atomic mass is 31.2. The van der Waals surface area contributed by atoms with Gasteiger partial charge in [0, 0.05) is 12.8 Å². The van der Waals surface area contributed by atoms with Crippen LogP contribution in [0.3, 0.4) is 0 Å². The summed E-state index contributed by atoms with van der Waals surface area (Å²) in [6, 6.07) is 0. The molecule has 0 fully saturated rings. The number of quaternary nitrogens is 1. The van der Waals surface area contributed by atoms with Crippen LogP contribution < -0.4 is 0 Å². The van der Waals surface area contributed by atoms with E-state index in [1.165, 1.54) is 6.42 Å². The highest BCUT2D eigenvalue weighted by Gasteiger charge is 2.27. The number of phosphoric ester groups is 1. The van der Waals surface area contributed by atoms with Gasteiger partial charge in [-0.15, -0.1) is 0 Å². The van der Waals surface area contributed by atoms with E-state index < -0.39 is 32.5 Å².